The number of amides is 2. The van der Waals surface area contributed by atoms with E-state index >= 15 is 0 Å². The van der Waals surface area contributed by atoms with Crippen LogP contribution in [0.2, 0.25) is 0 Å². The monoisotopic (exact) mass is 330 g/mol. The largest absolute Gasteiger partial charge is 0.368 e. The molecule has 0 aliphatic carbocycles. The van der Waals surface area contributed by atoms with E-state index in [1.165, 1.54) is 16.8 Å². The maximum Gasteiger partial charge on any atom is 0.317 e. The third-order valence-electron chi connectivity index (χ3n) is 5.47. The van der Waals surface area contributed by atoms with Gasteiger partial charge in [-0.1, -0.05) is 6.07 Å². The van der Waals surface area contributed by atoms with Crippen LogP contribution in [0.25, 0.3) is 0 Å². The number of nitrogens with one attached hydrogen (secondary N) is 1. The number of hydrogen-bond acceptors (Lipinski definition) is 3. The summed E-state index contributed by atoms with van der Waals surface area (Å²) in [5.41, 5.74) is 3.93. The van der Waals surface area contributed by atoms with Crippen LogP contribution in [-0.2, 0) is 0 Å². The Morgan fingerprint density at radius 1 is 1.00 bits per heavy atom. The molecule has 2 aliphatic heterocycles. The lowest BCUT2D eigenvalue weighted by Crippen LogP contribution is -2.54. The summed E-state index contributed by atoms with van der Waals surface area (Å²) in [4.78, 5) is 19.1. The van der Waals surface area contributed by atoms with Gasteiger partial charge in [0.15, 0.2) is 0 Å². The predicted octanol–water partition coefficient (Wildman–Crippen LogP) is 2.23. The van der Waals surface area contributed by atoms with Gasteiger partial charge in [-0.05, 0) is 70.1 Å². The van der Waals surface area contributed by atoms with Crippen molar-refractivity contribution in [1.82, 2.24) is 15.1 Å². The van der Waals surface area contributed by atoms with Crippen LogP contribution in [0.1, 0.15) is 24.0 Å². The molecule has 2 amide bonds. The Morgan fingerprint density at radius 2 is 1.67 bits per heavy atom. The lowest BCUT2D eigenvalue weighted by atomic mass is 10.1. The van der Waals surface area contributed by atoms with Gasteiger partial charge in [0.2, 0.25) is 0 Å². The summed E-state index contributed by atoms with van der Waals surface area (Å²) in [5.74, 6) is 0. The molecule has 1 aromatic rings. The fraction of sp³-hybridized carbons (Fsp3) is 0.632. The van der Waals surface area contributed by atoms with Crippen LogP contribution >= 0.6 is 0 Å². The van der Waals surface area contributed by atoms with Crippen molar-refractivity contribution >= 4 is 11.7 Å². The highest BCUT2D eigenvalue weighted by molar-refractivity contribution is 5.75. The van der Waals surface area contributed by atoms with Gasteiger partial charge in [-0.15, -0.1) is 0 Å². The normalized spacial score (nSPS) is 20.3. The van der Waals surface area contributed by atoms with E-state index in [-0.39, 0.29) is 6.03 Å². The number of aryl methyl sites for hydroxylation is 2. The number of hydrogen-bond donors (Lipinski definition) is 1. The minimum atomic E-state index is 0.115. The molecule has 2 aliphatic rings. The summed E-state index contributed by atoms with van der Waals surface area (Å²) in [6.45, 7) is 9.86. The van der Waals surface area contributed by atoms with Gasteiger partial charge in [-0.3, -0.25) is 0 Å². The summed E-state index contributed by atoms with van der Waals surface area (Å²) in [6, 6.07) is 7.08. The van der Waals surface area contributed by atoms with Gasteiger partial charge >= 0.3 is 6.03 Å². The topological polar surface area (TPSA) is 38.8 Å². The number of likely N-dealkylation sites (tertiary alicyclic amines) is 1. The number of piperidine rings is 1. The molecule has 0 unspecified atom stereocenters. The molecule has 24 heavy (non-hydrogen) atoms. The zero-order valence-electron chi connectivity index (χ0n) is 15.2. The Bertz CT molecular complexity index is 573. The van der Waals surface area contributed by atoms with Gasteiger partial charge in [0.1, 0.15) is 0 Å². The van der Waals surface area contributed by atoms with E-state index in [9.17, 15) is 4.79 Å². The second kappa shape index (κ2) is 7.43. The number of benzene rings is 1. The van der Waals surface area contributed by atoms with Gasteiger partial charge in [-0.25, -0.2) is 4.79 Å². The first kappa shape index (κ1) is 17.1. The van der Waals surface area contributed by atoms with Crippen molar-refractivity contribution < 1.29 is 4.79 Å². The zero-order valence-corrected chi connectivity index (χ0v) is 15.2. The van der Waals surface area contributed by atoms with E-state index in [0.717, 1.165) is 52.1 Å². The van der Waals surface area contributed by atoms with Crippen molar-refractivity contribution in [1.29, 1.82) is 0 Å². The van der Waals surface area contributed by atoms with Gasteiger partial charge in [0.25, 0.3) is 0 Å². The molecule has 132 valence electrons. The minimum absolute atomic E-state index is 0.115. The third-order valence-corrected chi connectivity index (χ3v) is 5.47. The Morgan fingerprint density at radius 3 is 2.29 bits per heavy atom. The van der Waals surface area contributed by atoms with Gasteiger partial charge in [0.05, 0.1) is 0 Å². The number of anilines is 1. The lowest BCUT2D eigenvalue weighted by Gasteiger charge is -2.37. The average Bonchev–Trinajstić information content (AvgIpc) is 2.59. The predicted molar refractivity (Wildman–Crippen MR) is 98.8 cm³/mol. The number of urea groups is 1. The molecule has 0 bridgehead atoms. The average molecular weight is 330 g/mol. The standard InChI is InChI=1S/C19H30N4O/c1-15-4-5-18(14-16(15)2)22-10-12-23(13-11-22)19(24)20-17-6-8-21(3)9-7-17/h4-5,14,17H,6-13H2,1-3H3,(H,20,24). The fourth-order valence-electron chi connectivity index (χ4n) is 3.51. The summed E-state index contributed by atoms with van der Waals surface area (Å²) in [5, 5.41) is 3.22. The highest BCUT2D eigenvalue weighted by atomic mass is 16.2. The third kappa shape index (κ3) is 4.01. The first-order chi connectivity index (χ1) is 11.5. The van der Waals surface area contributed by atoms with Crippen molar-refractivity contribution in [2.75, 3.05) is 51.2 Å². The fourth-order valence-corrected chi connectivity index (χ4v) is 3.51. The second-order valence-corrected chi connectivity index (χ2v) is 7.27. The number of piperazine rings is 1. The summed E-state index contributed by atoms with van der Waals surface area (Å²) < 4.78 is 0. The highest BCUT2D eigenvalue weighted by Crippen LogP contribution is 2.20. The molecule has 0 saturated carbocycles. The van der Waals surface area contributed by atoms with Crippen LogP contribution in [0.3, 0.4) is 0 Å². The molecular formula is C19H30N4O. The van der Waals surface area contributed by atoms with Crippen molar-refractivity contribution in [3.05, 3.63) is 29.3 Å². The molecule has 1 aromatic carbocycles. The summed E-state index contributed by atoms with van der Waals surface area (Å²) >= 11 is 0. The number of nitrogens with zero attached hydrogens (tertiary/aromatic N) is 3. The number of carbonyl (C=O) groups is 1. The van der Waals surface area contributed by atoms with E-state index in [2.05, 4.69) is 54.2 Å². The first-order valence-corrected chi connectivity index (χ1v) is 9.09. The maximum atomic E-state index is 12.5. The van der Waals surface area contributed by atoms with Crippen LogP contribution in [0.4, 0.5) is 10.5 Å². The van der Waals surface area contributed by atoms with Crippen LogP contribution in [0, 0.1) is 13.8 Å². The smallest absolute Gasteiger partial charge is 0.317 e. The zero-order chi connectivity index (χ0) is 17.1. The SMILES string of the molecule is Cc1ccc(N2CCN(C(=O)NC3CCN(C)CC3)CC2)cc1C. The molecule has 0 aromatic heterocycles. The Labute approximate surface area is 145 Å². The molecule has 0 spiro atoms. The van der Waals surface area contributed by atoms with Crippen molar-refractivity contribution in [3.8, 4) is 0 Å². The maximum absolute atomic E-state index is 12.5. The molecular weight excluding hydrogens is 300 g/mol. The van der Waals surface area contributed by atoms with E-state index in [1.807, 2.05) is 4.90 Å². The number of carbonyl (C=O) groups excluding carboxylic acids is 1. The molecule has 3 rings (SSSR count). The molecule has 2 saturated heterocycles. The van der Waals surface area contributed by atoms with Crippen LogP contribution in [-0.4, -0.2) is 68.2 Å². The molecule has 2 fully saturated rings. The van der Waals surface area contributed by atoms with E-state index in [4.69, 9.17) is 0 Å². The molecule has 1 N–H and O–H groups in total. The van der Waals surface area contributed by atoms with Crippen molar-refractivity contribution in [2.45, 2.75) is 32.7 Å². The summed E-state index contributed by atoms with van der Waals surface area (Å²) in [6.07, 6.45) is 2.12. The first-order valence-electron chi connectivity index (χ1n) is 9.09. The van der Waals surface area contributed by atoms with E-state index in [1.54, 1.807) is 0 Å². The Hall–Kier alpha value is -1.75. The van der Waals surface area contributed by atoms with E-state index in [0.29, 0.717) is 6.04 Å². The summed E-state index contributed by atoms with van der Waals surface area (Å²) in [7, 11) is 2.14. The highest BCUT2D eigenvalue weighted by Gasteiger charge is 2.24. The van der Waals surface area contributed by atoms with Gasteiger partial charge in [-0.2, -0.15) is 0 Å². The Kier molecular flexibility index (Phi) is 5.29. The van der Waals surface area contributed by atoms with Crippen LogP contribution < -0.4 is 10.2 Å². The van der Waals surface area contributed by atoms with E-state index < -0.39 is 0 Å². The van der Waals surface area contributed by atoms with Gasteiger partial charge < -0.3 is 20.0 Å². The van der Waals surface area contributed by atoms with Crippen molar-refractivity contribution in [2.24, 2.45) is 0 Å². The second-order valence-electron chi connectivity index (χ2n) is 7.27. The number of rotatable bonds is 2. The van der Waals surface area contributed by atoms with Crippen molar-refractivity contribution in [3.63, 3.8) is 0 Å². The molecule has 2 heterocycles. The van der Waals surface area contributed by atoms with Crippen LogP contribution in [0.15, 0.2) is 18.2 Å². The molecule has 5 heteroatoms. The quantitative estimate of drug-likeness (QED) is 0.904. The molecule has 0 radical (unpaired) electrons. The Balaban J connectivity index is 1.49. The lowest BCUT2D eigenvalue weighted by molar-refractivity contribution is 0.178. The molecule has 5 nitrogen and oxygen atoms in total. The van der Waals surface area contributed by atoms with Gasteiger partial charge in [0, 0.05) is 37.9 Å². The van der Waals surface area contributed by atoms with Crippen LogP contribution in [0.5, 0.6) is 0 Å². The minimum Gasteiger partial charge on any atom is -0.368 e. The molecule has 0 atom stereocenters.